The van der Waals surface area contributed by atoms with Crippen LogP contribution in [-0.2, 0) is 5.41 Å². The topological polar surface area (TPSA) is 64.7 Å². The molecule has 9 heteroatoms. The maximum atomic E-state index is 14.1. The van der Waals surface area contributed by atoms with Crippen molar-refractivity contribution < 1.29 is 14.0 Å². The zero-order chi connectivity index (χ0) is 27.4. The van der Waals surface area contributed by atoms with Gasteiger partial charge in [-0.05, 0) is 65.7 Å². The first kappa shape index (κ1) is 27.5. The van der Waals surface area contributed by atoms with E-state index in [1.807, 2.05) is 18.2 Å². The first-order valence-corrected chi connectivity index (χ1v) is 13.1. The fraction of sp³-hybridized carbons (Fsp3) is 0.276. The summed E-state index contributed by atoms with van der Waals surface area (Å²) in [6, 6.07) is 18.8. The number of amides is 2. The highest BCUT2D eigenvalue weighted by molar-refractivity contribution is 7.80. The average Bonchev–Trinajstić information content (AvgIpc) is 2.88. The van der Waals surface area contributed by atoms with Gasteiger partial charge in [-0.2, -0.15) is 0 Å². The second-order valence-electron chi connectivity index (χ2n) is 10.2. The van der Waals surface area contributed by atoms with Crippen molar-refractivity contribution in [3.8, 4) is 0 Å². The summed E-state index contributed by atoms with van der Waals surface area (Å²) in [5.74, 6) is -1.16. The second kappa shape index (κ2) is 11.5. The Morgan fingerprint density at radius 1 is 0.947 bits per heavy atom. The Labute approximate surface area is 232 Å². The SMILES string of the molecule is CC(C)(C)c1ccc(C(=O)NC(=S)Nc2cc(Cl)ccc2N2CCN(C(=O)c3ccccc3F)CC2)cc1. The largest absolute Gasteiger partial charge is 0.366 e. The van der Waals surface area contributed by atoms with Crippen LogP contribution in [0, 0.1) is 5.82 Å². The van der Waals surface area contributed by atoms with Crippen LogP contribution in [0.2, 0.25) is 5.02 Å². The lowest BCUT2D eigenvalue weighted by molar-refractivity contribution is 0.0742. The van der Waals surface area contributed by atoms with Crippen LogP contribution in [0.1, 0.15) is 47.1 Å². The molecule has 0 radical (unpaired) electrons. The summed E-state index contributed by atoms with van der Waals surface area (Å²) >= 11 is 11.7. The third-order valence-electron chi connectivity index (χ3n) is 6.46. The Morgan fingerprint density at radius 3 is 2.24 bits per heavy atom. The van der Waals surface area contributed by atoms with Gasteiger partial charge in [0.05, 0.1) is 16.9 Å². The molecule has 4 rings (SSSR count). The smallest absolute Gasteiger partial charge is 0.257 e. The van der Waals surface area contributed by atoms with Crippen LogP contribution in [0.4, 0.5) is 15.8 Å². The summed E-state index contributed by atoms with van der Waals surface area (Å²) in [5.41, 5.74) is 3.17. The number of hydrogen-bond donors (Lipinski definition) is 2. The molecule has 1 saturated heterocycles. The van der Waals surface area contributed by atoms with Crippen molar-refractivity contribution in [3.63, 3.8) is 0 Å². The van der Waals surface area contributed by atoms with Crippen molar-refractivity contribution in [3.05, 3.63) is 94.3 Å². The Bertz CT molecular complexity index is 1350. The van der Waals surface area contributed by atoms with E-state index in [0.717, 1.165) is 11.3 Å². The first-order valence-electron chi connectivity index (χ1n) is 12.3. The van der Waals surface area contributed by atoms with Gasteiger partial charge in [0.15, 0.2) is 5.11 Å². The van der Waals surface area contributed by atoms with Gasteiger partial charge in [-0.3, -0.25) is 14.9 Å². The summed E-state index contributed by atoms with van der Waals surface area (Å²) < 4.78 is 14.1. The molecule has 1 fully saturated rings. The maximum Gasteiger partial charge on any atom is 0.257 e. The molecule has 3 aromatic carbocycles. The highest BCUT2D eigenvalue weighted by atomic mass is 35.5. The number of halogens is 2. The van der Waals surface area contributed by atoms with Gasteiger partial charge in [0.25, 0.3) is 11.8 Å². The molecule has 0 bridgehead atoms. The zero-order valence-corrected chi connectivity index (χ0v) is 23.1. The van der Waals surface area contributed by atoms with Gasteiger partial charge >= 0.3 is 0 Å². The van der Waals surface area contributed by atoms with Crippen molar-refractivity contribution >= 4 is 52.1 Å². The molecule has 0 aromatic heterocycles. The lowest BCUT2D eigenvalue weighted by Crippen LogP contribution is -2.49. The number of carbonyl (C=O) groups excluding carboxylic acids is 2. The zero-order valence-electron chi connectivity index (χ0n) is 21.6. The fourth-order valence-electron chi connectivity index (χ4n) is 4.29. The van der Waals surface area contributed by atoms with Crippen molar-refractivity contribution in [1.82, 2.24) is 10.2 Å². The van der Waals surface area contributed by atoms with E-state index in [-0.39, 0.29) is 27.9 Å². The Morgan fingerprint density at radius 2 is 1.61 bits per heavy atom. The van der Waals surface area contributed by atoms with Gasteiger partial charge < -0.3 is 15.1 Å². The third kappa shape index (κ3) is 6.49. The molecule has 198 valence electrons. The van der Waals surface area contributed by atoms with Crippen molar-refractivity contribution in [1.29, 1.82) is 0 Å². The summed E-state index contributed by atoms with van der Waals surface area (Å²) in [7, 11) is 0. The fourth-order valence-corrected chi connectivity index (χ4v) is 4.66. The van der Waals surface area contributed by atoms with E-state index < -0.39 is 5.82 Å². The molecule has 0 unspecified atom stereocenters. The summed E-state index contributed by atoms with van der Waals surface area (Å²) in [4.78, 5) is 29.3. The van der Waals surface area contributed by atoms with Crippen LogP contribution in [0.25, 0.3) is 0 Å². The molecule has 0 aliphatic carbocycles. The number of piperazine rings is 1. The quantitative estimate of drug-likeness (QED) is 0.397. The van der Waals surface area contributed by atoms with Crippen molar-refractivity contribution in [2.45, 2.75) is 26.2 Å². The number of benzene rings is 3. The number of thiocarbonyl (C=S) groups is 1. The van der Waals surface area contributed by atoms with E-state index in [1.54, 1.807) is 41.3 Å². The van der Waals surface area contributed by atoms with Gasteiger partial charge in [-0.25, -0.2) is 4.39 Å². The number of hydrogen-bond acceptors (Lipinski definition) is 4. The summed E-state index contributed by atoms with van der Waals surface area (Å²) in [5, 5.41) is 6.48. The predicted molar refractivity (Wildman–Crippen MR) is 155 cm³/mol. The molecule has 3 aromatic rings. The van der Waals surface area contributed by atoms with Gasteiger partial charge in [-0.15, -0.1) is 0 Å². The molecule has 6 nitrogen and oxygen atoms in total. The Hall–Kier alpha value is -3.49. The van der Waals surface area contributed by atoms with Crippen LogP contribution >= 0.6 is 23.8 Å². The molecule has 38 heavy (non-hydrogen) atoms. The standard InChI is InChI=1S/C29H30ClFN4O2S/c1-29(2,3)20-10-8-19(9-11-20)26(36)33-28(38)32-24-18-21(30)12-13-25(24)34-14-16-35(17-15-34)27(37)22-6-4-5-7-23(22)31/h4-13,18H,14-17H2,1-3H3,(H2,32,33,36,38). The first-order chi connectivity index (χ1) is 18.0. The van der Waals surface area contributed by atoms with Gasteiger partial charge in [-0.1, -0.05) is 56.6 Å². The highest BCUT2D eigenvalue weighted by Gasteiger charge is 2.25. The van der Waals surface area contributed by atoms with E-state index in [0.29, 0.717) is 42.5 Å². The van der Waals surface area contributed by atoms with E-state index in [1.165, 1.54) is 12.1 Å². The molecular formula is C29H30ClFN4O2S. The molecule has 2 amide bonds. The van der Waals surface area contributed by atoms with Crippen LogP contribution < -0.4 is 15.5 Å². The van der Waals surface area contributed by atoms with Gasteiger partial charge in [0.1, 0.15) is 5.82 Å². The van der Waals surface area contributed by atoms with E-state index in [4.69, 9.17) is 23.8 Å². The van der Waals surface area contributed by atoms with E-state index in [2.05, 4.69) is 36.3 Å². The predicted octanol–water partition coefficient (Wildman–Crippen LogP) is 5.87. The van der Waals surface area contributed by atoms with Crippen LogP contribution in [0.3, 0.4) is 0 Å². The molecule has 1 heterocycles. The molecule has 1 aliphatic heterocycles. The van der Waals surface area contributed by atoms with E-state index >= 15 is 0 Å². The molecule has 0 spiro atoms. The lowest BCUT2D eigenvalue weighted by Gasteiger charge is -2.37. The minimum Gasteiger partial charge on any atom is -0.366 e. The third-order valence-corrected chi connectivity index (χ3v) is 6.90. The summed E-state index contributed by atoms with van der Waals surface area (Å²) in [6.45, 7) is 8.28. The normalized spacial score (nSPS) is 13.7. The van der Waals surface area contributed by atoms with Crippen molar-refractivity contribution in [2.24, 2.45) is 0 Å². The van der Waals surface area contributed by atoms with Gasteiger partial charge in [0, 0.05) is 36.8 Å². The number of anilines is 2. The average molecular weight is 553 g/mol. The molecular weight excluding hydrogens is 523 g/mol. The van der Waals surface area contributed by atoms with E-state index in [9.17, 15) is 14.0 Å². The van der Waals surface area contributed by atoms with Crippen LogP contribution in [0.15, 0.2) is 66.7 Å². The minimum absolute atomic E-state index is 0.00858. The lowest BCUT2D eigenvalue weighted by atomic mass is 9.87. The molecule has 0 atom stereocenters. The molecule has 0 saturated carbocycles. The number of nitrogens with zero attached hydrogens (tertiary/aromatic N) is 2. The Balaban J connectivity index is 1.40. The number of rotatable bonds is 4. The van der Waals surface area contributed by atoms with Crippen LogP contribution in [0.5, 0.6) is 0 Å². The summed E-state index contributed by atoms with van der Waals surface area (Å²) in [6.07, 6.45) is 0. The monoisotopic (exact) mass is 552 g/mol. The highest BCUT2D eigenvalue weighted by Crippen LogP contribution is 2.30. The molecule has 2 N–H and O–H groups in total. The molecule has 1 aliphatic rings. The van der Waals surface area contributed by atoms with Crippen molar-refractivity contribution in [2.75, 3.05) is 36.4 Å². The number of nitrogens with one attached hydrogen (secondary N) is 2. The Kier molecular flexibility index (Phi) is 8.33. The van der Waals surface area contributed by atoms with Gasteiger partial charge in [0.2, 0.25) is 0 Å². The van der Waals surface area contributed by atoms with Crippen LogP contribution in [-0.4, -0.2) is 48.0 Å². The second-order valence-corrected chi connectivity index (χ2v) is 11.0. The number of carbonyl (C=O) groups is 2. The maximum absolute atomic E-state index is 14.1. The minimum atomic E-state index is -0.523.